The number of aryl methyl sites for hydroxylation is 1. The summed E-state index contributed by atoms with van der Waals surface area (Å²) in [4.78, 5) is 7.17. The number of fused-ring (bicyclic) bond motifs is 2. The summed E-state index contributed by atoms with van der Waals surface area (Å²) >= 11 is 6.47. The largest absolute Gasteiger partial charge is 0.351 e. The van der Waals surface area contributed by atoms with E-state index in [1.807, 2.05) is 48.2 Å². The molecule has 1 aliphatic heterocycles. The summed E-state index contributed by atoms with van der Waals surface area (Å²) < 4.78 is 25.1. The first-order chi connectivity index (χ1) is 12.0. The number of hydrogen-bond acceptors (Lipinski definition) is 4. The molecule has 0 radical (unpaired) electrons. The van der Waals surface area contributed by atoms with Crippen LogP contribution in [-0.4, -0.2) is 25.7 Å². The molecular formula is C19H17ClN2O2S. The quantitative estimate of drug-likeness (QED) is 0.648. The number of anilines is 1. The second-order valence-electron chi connectivity index (χ2n) is 6.28. The van der Waals surface area contributed by atoms with Crippen LogP contribution in [0, 0.1) is 6.92 Å². The number of sulfone groups is 1. The fraction of sp³-hybridized carbons (Fsp3) is 0.211. The van der Waals surface area contributed by atoms with Gasteiger partial charge in [0.05, 0.1) is 21.2 Å². The van der Waals surface area contributed by atoms with Crippen LogP contribution in [0.15, 0.2) is 53.4 Å². The van der Waals surface area contributed by atoms with Crippen molar-refractivity contribution in [2.75, 3.05) is 17.2 Å². The van der Waals surface area contributed by atoms with Crippen molar-refractivity contribution in [3.8, 4) is 0 Å². The van der Waals surface area contributed by atoms with E-state index in [-0.39, 0.29) is 5.75 Å². The topological polar surface area (TPSA) is 50.3 Å². The molecule has 0 N–H and O–H groups in total. The molecule has 1 aromatic heterocycles. The van der Waals surface area contributed by atoms with Crippen LogP contribution in [0.3, 0.4) is 0 Å². The lowest BCUT2D eigenvalue weighted by molar-refractivity contribution is 0.596. The van der Waals surface area contributed by atoms with Gasteiger partial charge >= 0.3 is 0 Å². The molecule has 0 fully saturated rings. The Morgan fingerprint density at radius 2 is 1.92 bits per heavy atom. The SMILES string of the molecule is Cc1cccc2c(Cl)cc(N3CCS(=O)(=O)c4ccccc4C3)nc12. The lowest BCUT2D eigenvalue weighted by Gasteiger charge is -2.22. The van der Waals surface area contributed by atoms with E-state index >= 15 is 0 Å². The van der Waals surface area contributed by atoms with E-state index in [1.165, 1.54) is 0 Å². The second kappa shape index (κ2) is 6.00. The number of nitrogens with zero attached hydrogens (tertiary/aromatic N) is 2. The van der Waals surface area contributed by atoms with Gasteiger partial charge in [-0.15, -0.1) is 0 Å². The highest BCUT2D eigenvalue weighted by molar-refractivity contribution is 7.91. The van der Waals surface area contributed by atoms with Crippen molar-refractivity contribution in [2.45, 2.75) is 18.4 Å². The van der Waals surface area contributed by atoms with Crippen molar-refractivity contribution in [1.29, 1.82) is 0 Å². The summed E-state index contributed by atoms with van der Waals surface area (Å²) in [7, 11) is -3.28. The predicted octanol–water partition coefficient (Wildman–Crippen LogP) is 3.99. The molecule has 128 valence electrons. The zero-order valence-corrected chi connectivity index (χ0v) is 15.3. The molecule has 3 aromatic rings. The van der Waals surface area contributed by atoms with Crippen LogP contribution in [0.1, 0.15) is 11.1 Å². The zero-order chi connectivity index (χ0) is 17.6. The van der Waals surface area contributed by atoms with Crippen molar-refractivity contribution in [1.82, 2.24) is 4.98 Å². The molecule has 4 rings (SSSR count). The molecular weight excluding hydrogens is 356 g/mol. The van der Waals surface area contributed by atoms with Gasteiger partial charge in [0.2, 0.25) is 0 Å². The third kappa shape index (κ3) is 2.87. The Hall–Kier alpha value is -2.11. The van der Waals surface area contributed by atoms with Crippen LogP contribution in [0.5, 0.6) is 0 Å². The molecule has 0 unspecified atom stereocenters. The zero-order valence-electron chi connectivity index (χ0n) is 13.7. The molecule has 0 saturated heterocycles. The minimum atomic E-state index is -3.28. The number of halogens is 1. The minimum absolute atomic E-state index is 0.0646. The van der Waals surface area contributed by atoms with Crippen LogP contribution in [0.25, 0.3) is 10.9 Å². The molecule has 2 heterocycles. The van der Waals surface area contributed by atoms with E-state index in [0.717, 1.165) is 22.0 Å². The normalized spacial score (nSPS) is 16.5. The van der Waals surface area contributed by atoms with Gasteiger partial charge in [-0.3, -0.25) is 0 Å². The number of hydrogen-bond donors (Lipinski definition) is 0. The van der Waals surface area contributed by atoms with Gasteiger partial charge in [0, 0.05) is 18.5 Å². The van der Waals surface area contributed by atoms with Crippen LogP contribution >= 0.6 is 11.6 Å². The maximum absolute atomic E-state index is 12.5. The summed E-state index contributed by atoms with van der Waals surface area (Å²) in [5.41, 5.74) is 2.69. The first-order valence-electron chi connectivity index (χ1n) is 8.07. The van der Waals surface area contributed by atoms with Gasteiger partial charge in [-0.1, -0.05) is 48.0 Å². The van der Waals surface area contributed by atoms with Crippen LogP contribution in [-0.2, 0) is 16.4 Å². The van der Waals surface area contributed by atoms with E-state index in [0.29, 0.717) is 28.8 Å². The second-order valence-corrected chi connectivity index (χ2v) is 8.77. The number of para-hydroxylation sites is 1. The molecule has 2 aromatic carbocycles. The van der Waals surface area contributed by atoms with Gasteiger partial charge in [0.15, 0.2) is 9.84 Å². The van der Waals surface area contributed by atoms with E-state index < -0.39 is 9.84 Å². The van der Waals surface area contributed by atoms with Gasteiger partial charge in [-0.05, 0) is 30.2 Å². The fourth-order valence-electron chi connectivity index (χ4n) is 3.26. The minimum Gasteiger partial charge on any atom is -0.351 e. The monoisotopic (exact) mass is 372 g/mol. The average Bonchev–Trinajstić information content (AvgIpc) is 2.72. The van der Waals surface area contributed by atoms with Gasteiger partial charge in [0.25, 0.3) is 0 Å². The molecule has 0 atom stereocenters. The Morgan fingerprint density at radius 3 is 2.76 bits per heavy atom. The highest BCUT2D eigenvalue weighted by Gasteiger charge is 2.26. The number of benzene rings is 2. The first-order valence-corrected chi connectivity index (χ1v) is 10.1. The molecule has 25 heavy (non-hydrogen) atoms. The summed E-state index contributed by atoms with van der Waals surface area (Å²) in [6.07, 6.45) is 0. The Morgan fingerprint density at radius 1 is 1.12 bits per heavy atom. The van der Waals surface area contributed by atoms with Crippen molar-refractivity contribution < 1.29 is 8.42 Å². The smallest absolute Gasteiger partial charge is 0.180 e. The Balaban J connectivity index is 1.84. The Labute approximate surface area is 152 Å². The van der Waals surface area contributed by atoms with E-state index in [1.54, 1.807) is 12.1 Å². The maximum Gasteiger partial charge on any atom is 0.180 e. The molecule has 0 aliphatic carbocycles. The number of rotatable bonds is 1. The van der Waals surface area contributed by atoms with Gasteiger partial charge < -0.3 is 4.90 Å². The van der Waals surface area contributed by atoms with Crippen LogP contribution < -0.4 is 4.90 Å². The Kier molecular flexibility index (Phi) is 3.93. The van der Waals surface area contributed by atoms with Gasteiger partial charge in [-0.2, -0.15) is 0 Å². The summed E-state index contributed by atoms with van der Waals surface area (Å²) in [6, 6.07) is 14.9. The lowest BCUT2D eigenvalue weighted by Crippen LogP contribution is -2.26. The highest BCUT2D eigenvalue weighted by Crippen LogP contribution is 2.31. The first kappa shape index (κ1) is 16.4. The fourth-order valence-corrected chi connectivity index (χ4v) is 5.01. The molecule has 0 spiro atoms. The third-order valence-corrected chi connectivity index (χ3v) is 6.70. The lowest BCUT2D eigenvalue weighted by atomic mass is 10.1. The molecule has 0 amide bonds. The maximum atomic E-state index is 12.5. The van der Waals surface area contributed by atoms with Gasteiger partial charge in [0.1, 0.15) is 5.82 Å². The predicted molar refractivity (Wildman–Crippen MR) is 101 cm³/mol. The molecule has 6 heteroatoms. The van der Waals surface area contributed by atoms with E-state index in [9.17, 15) is 8.42 Å². The van der Waals surface area contributed by atoms with Crippen LogP contribution in [0.4, 0.5) is 5.82 Å². The average molecular weight is 373 g/mol. The Bertz CT molecular complexity index is 1080. The summed E-state index contributed by atoms with van der Waals surface area (Å²) in [5.74, 6) is 0.772. The number of pyridine rings is 1. The van der Waals surface area contributed by atoms with Crippen LogP contribution in [0.2, 0.25) is 5.02 Å². The molecule has 0 bridgehead atoms. The van der Waals surface area contributed by atoms with Gasteiger partial charge in [-0.25, -0.2) is 13.4 Å². The van der Waals surface area contributed by atoms with Crippen molar-refractivity contribution >= 4 is 38.2 Å². The molecule has 1 aliphatic rings. The summed E-state index contributed by atoms with van der Waals surface area (Å²) in [6.45, 7) is 2.88. The van der Waals surface area contributed by atoms with Crippen molar-refractivity contribution in [3.05, 3.63) is 64.7 Å². The third-order valence-electron chi connectivity index (χ3n) is 4.60. The molecule has 0 saturated carbocycles. The van der Waals surface area contributed by atoms with E-state index in [2.05, 4.69) is 0 Å². The van der Waals surface area contributed by atoms with Crippen molar-refractivity contribution in [2.24, 2.45) is 0 Å². The standard InChI is InChI=1S/C19H17ClN2O2S/c1-13-5-4-7-15-16(20)11-18(21-19(13)15)22-9-10-25(23,24)17-8-3-2-6-14(17)12-22/h2-8,11H,9-10,12H2,1H3. The summed E-state index contributed by atoms with van der Waals surface area (Å²) in [5, 5.41) is 1.54. The van der Waals surface area contributed by atoms with E-state index in [4.69, 9.17) is 16.6 Å². The number of aromatic nitrogens is 1. The molecule has 4 nitrogen and oxygen atoms in total. The highest BCUT2D eigenvalue weighted by atomic mass is 35.5. The van der Waals surface area contributed by atoms with Crippen molar-refractivity contribution in [3.63, 3.8) is 0 Å².